The van der Waals surface area contributed by atoms with Gasteiger partial charge in [-0.25, -0.2) is 19.6 Å². The fourth-order valence-electron chi connectivity index (χ4n) is 6.64. The Bertz CT molecular complexity index is 2430. The predicted molar refractivity (Wildman–Crippen MR) is 221 cm³/mol. The number of imidazole rings is 2. The predicted octanol–water partition coefficient (Wildman–Crippen LogP) is 6.40. The normalized spacial score (nSPS) is 11.4. The minimum absolute atomic E-state index is 0.0599. The highest BCUT2D eigenvalue weighted by molar-refractivity contribution is 5.91. The van der Waals surface area contributed by atoms with Crippen LogP contribution in [0.3, 0.4) is 0 Å². The summed E-state index contributed by atoms with van der Waals surface area (Å²) in [5, 5.41) is 7.10. The zero-order valence-corrected chi connectivity index (χ0v) is 33.3. The number of aromatic nitrogens is 4. The molecule has 15 nitrogen and oxygen atoms in total. The number of alkyl carbamates (subject to hydrolysis) is 2. The quantitative estimate of drug-likeness (QED) is 0.0859. The number of fused-ring (bicyclic) bond motifs is 1. The molecule has 4 amide bonds. The van der Waals surface area contributed by atoms with Crippen molar-refractivity contribution in [3.63, 3.8) is 0 Å². The molecular formula is C44H46N8O7. The molecule has 2 heterocycles. The Hall–Kier alpha value is -7.29. The molecule has 1 unspecified atom stereocenters. The Balaban J connectivity index is 1.12. The molecule has 0 saturated carbocycles. The molecule has 15 heteroatoms. The van der Waals surface area contributed by atoms with E-state index in [-0.39, 0.29) is 37.9 Å². The Labute approximate surface area is 341 Å². The number of benzene rings is 4. The number of ether oxygens (including phenoxy) is 2. The molecule has 0 aliphatic rings. The lowest BCUT2D eigenvalue weighted by molar-refractivity contribution is -0.134. The Morgan fingerprint density at radius 1 is 0.695 bits per heavy atom. The zero-order chi connectivity index (χ0) is 41.9. The number of aromatic amines is 2. The molecule has 304 valence electrons. The maximum Gasteiger partial charge on any atom is 0.407 e. The van der Waals surface area contributed by atoms with Crippen LogP contribution in [0, 0.1) is 0 Å². The molecule has 4 N–H and O–H groups in total. The minimum Gasteiger partial charge on any atom is -0.453 e. The first-order valence-corrected chi connectivity index (χ1v) is 19.0. The van der Waals surface area contributed by atoms with E-state index in [1.54, 1.807) is 29.4 Å². The van der Waals surface area contributed by atoms with Crippen molar-refractivity contribution in [2.45, 2.75) is 39.4 Å². The Kier molecular flexibility index (Phi) is 13.5. The highest BCUT2D eigenvalue weighted by atomic mass is 16.5. The van der Waals surface area contributed by atoms with Crippen LogP contribution in [0.5, 0.6) is 0 Å². The second-order valence-corrected chi connectivity index (χ2v) is 13.9. The number of H-pyrrole nitrogens is 2. The van der Waals surface area contributed by atoms with Crippen molar-refractivity contribution in [2.75, 3.05) is 33.9 Å². The average molecular weight is 799 g/mol. The standard InChI is InChI=1S/C44H46N8O7/c1-5-19-51(42(55)41(50-44(57)59-4)31-9-7-6-8-10-31)26-38-45-22-36(48-38)30-13-11-29(12-14-30)32-15-16-34-21-35(18-17-33(34)20-32)37-23-46-39(49-37)27-52(25-28(2)53)40(54)24-47-43(56)58-3/h6-18,20-23,41H,5,19,24-27H2,1-4H3,(H,45,48)(H,46,49)(H,47,56)(H,50,57). The number of nitrogens with one attached hydrogen (secondary N) is 4. The van der Waals surface area contributed by atoms with Crippen LogP contribution in [-0.4, -0.2) is 93.4 Å². The maximum atomic E-state index is 13.8. The smallest absolute Gasteiger partial charge is 0.407 e. The van der Waals surface area contributed by atoms with E-state index in [1.807, 2.05) is 49.4 Å². The number of rotatable bonds is 16. The average Bonchev–Trinajstić information content (AvgIpc) is 3.94. The molecule has 1 atom stereocenters. The Morgan fingerprint density at radius 3 is 1.86 bits per heavy atom. The zero-order valence-electron chi connectivity index (χ0n) is 33.3. The summed E-state index contributed by atoms with van der Waals surface area (Å²) in [6, 6.07) is 28.7. The molecule has 0 spiro atoms. The highest BCUT2D eigenvalue weighted by Crippen LogP contribution is 2.30. The first-order chi connectivity index (χ1) is 28.5. The minimum atomic E-state index is -0.911. The van der Waals surface area contributed by atoms with Gasteiger partial charge in [0.2, 0.25) is 11.8 Å². The van der Waals surface area contributed by atoms with Crippen LogP contribution in [-0.2, 0) is 36.9 Å². The third-order valence-electron chi connectivity index (χ3n) is 9.59. The van der Waals surface area contributed by atoms with Gasteiger partial charge in [-0.15, -0.1) is 0 Å². The third-order valence-corrected chi connectivity index (χ3v) is 9.59. The molecule has 4 aromatic carbocycles. The fraction of sp³-hybridized carbons (Fsp3) is 0.250. The monoisotopic (exact) mass is 798 g/mol. The molecule has 0 radical (unpaired) electrons. The SMILES string of the molecule is CCCN(Cc1ncc(-c2ccc(-c3ccc4cc(-c5cnc(CN(CC(C)=O)C(=O)CNC(=O)OC)[nH]5)ccc4c3)cc2)[nH]1)C(=O)C(NC(=O)OC)c1ccccc1. The van der Waals surface area contributed by atoms with Crippen LogP contribution < -0.4 is 10.6 Å². The number of hydrogen-bond acceptors (Lipinski definition) is 9. The number of Topliss-reactive ketones (excluding diaryl/α,β-unsaturated/α-hetero) is 1. The number of methoxy groups -OCH3 is 2. The van der Waals surface area contributed by atoms with Crippen LogP contribution in [0.25, 0.3) is 44.4 Å². The van der Waals surface area contributed by atoms with E-state index in [0.717, 1.165) is 50.8 Å². The lowest BCUT2D eigenvalue weighted by Gasteiger charge is -2.27. The van der Waals surface area contributed by atoms with Crippen LogP contribution in [0.1, 0.15) is 43.5 Å². The van der Waals surface area contributed by atoms with E-state index in [4.69, 9.17) is 4.74 Å². The van der Waals surface area contributed by atoms with Crippen molar-refractivity contribution in [1.82, 2.24) is 40.4 Å². The number of carbonyl (C=O) groups excluding carboxylic acids is 5. The van der Waals surface area contributed by atoms with E-state index in [1.165, 1.54) is 26.0 Å². The van der Waals surface area contributed by atoms with E-state index in [9.17, 15) is 24.0 Å². The van der Waals surface area contributed by atoms with Crippen molar-refractivity contribution in [3.8, 4) is 33.6 Å². The summed E-state index contributed by atoms with van der Waals surface area (Å²) in [7, 11) is 2.47. The van der Waals surface area contributed by atoms with Gasteiger partial charge in [0, 0.05) is 12.1 Å². The Morgan fingerprint density at radius 2 is 1.25 bits per heavy atom. The molecule has 0 saturated heterocycles. The van der Waals surface area contributed by atoms with Gasteiger partial charge < -0.3 is 39.9 Å². The largest absolute Gasteiger partial charge is 0.453 e. The number of hydrogen-bond donors (Lipinski definition) is 4. The molecular weight excluding hydrogens is 753 g/mol. The summed E-state index contributed by atoms with van der Waals surface area (Å²) < 4.78 is 9.33. The van der Waals surface area contributed by atoms with Crippen molar-refractivity contribution in [2.24, 2.45) is 0 Å². The molecule has 59 heavy (non-hydrogen) atoms. The van der Waals surface area contributed by atoms with Crippen LogP contribution in [0.2, 0.25) is 0 Å². The molecule has 0 bridgehead atoms. The number of carbonyl (C=O) groups is 5. The van der Waals surface area contributed by atoms with E-state index >= 15 is 0 Å². The van der Waals surface area contributed by atoms with Crippen molar-refractivity contribution in [1.29, 1.82) is 0 Å². The lowest BCUT2D eigenvalue weighted by atomic mass is 9.98. The lowest BCUT2D eigenvalue weighted by Crippen LogP contribution is -2.43. The van der Waals surface area contributed by atoms with Crippen molar-refractivity contribution >= 4 is 40.6 Å². The van der Waals surface area contributed by atoms with Crippen molar-refractivity contribution in [3.05, 3.63) is 121 Å². The topological polar surface area (TPSA) is 192 Å². The van der Waals surface area contributed by atoms with E-state index in [0.29, 0.717) is 23.8 Å². The summed E-state index contributed by atoms with van der Waals surface area (Å²) in [6.07, 6.45) is 2.73. The van der Waals surface area contributed by atoms with Gasteiger partial charge >= 0.3 is 12.2 Å². The highest BCUT2D eigenvalue weighted by Gasteiger charge is 2.28. The molecule has 0 aliphatic carbocycles. The van der Waals surface area contributed by atoms with Crippen LogP contribution in [0.15, 0.2) is 103 Å². The maximum absolute atomic E-state index is 13.8. The van der Waals surface area contributed by atoms with E-state index in [2.05, 4.69) is 71.7 Å². The summed E-state index contributed by atoms with van der Waals surface area (Å²) in [5.74, 6) is 0.201. The van der Waals surface area contributed by atoms with Gasteiger partial charge in [-0.05, 0) is 58.5 Å². The van der Waals surface area contributed by atoms with Gasteiger partial charge in [0.15, 0.2) is 0 Å². The number of nitrogens with zero attached hydrogens (tertiary/aromatic N) is 4. The summed E-state index contributed by atoms with van der Waals surface area (Å²) in [6.45, 7) is 3.71. The van der Waals surface area contributed by atoms with Gasteiger partial charge in [0.25, 0.3) is 0 Å². The van der Waals surface area contributed by atoms with Crippen LogP contribution >= 0.6 is 0 Å². The van der Waals surface area contributed by atoms with Gasteiger partial charge in [-0.1, -0.05) is 85.8 Å². The van der Waals surface area contributed by atoms with Crippen molar-refractivity contribution < 1.29 is 33.4 Å². The van der Waals surface area contributed by atoms with E-state index < -0.39 is 24.1 Å². The van der Waals surface area contributed by atoms with Gasteiger partial charge in [-0.3, -0.25) is 14.4 Å². The summed E-state index contributed by atoms with van der Waals surface area (Å²) in [4.78, 5) is 80.6. The second-order valence-electron chi connectivity index (χ2n) is 13.9. The molecule has 2 aromatic heterocycles. The van der Waals surface area contributed by atoms with Gasteiger partial charge in [0.1, 0.15) is 30.0 Å². The summed E-state index contributed by atoms with van der Waals surface area (Å²) >= 11 is 0. The molecule has 0 fully saturated rings. The second kappa shape index (κ2) is 19.2. The number of amides is 4. The number of ketones is 1. The van der Waals surface area contributed by atoms with Crippen LogP contribution in [0.4, 0.5) is 9.59 Å². The van der Waals surface area contributed by atoms with Gasteiger partial charge in [0.05, 0.1) is 57.6 Å². The third kappa shape index (κ3) is 10.6. The molecule has 0 aliphatic heterocycles. The fourth-order valence-corrected chi connectivity index (χ4v) is 6.64. The molecule has 6 rings (SSSR count). The summed E-state index contributed by atoms with van der Waals surface area (Å²) in [5.41, 5.74) is 6.14. The molecule has 6 aromatic rings. The first-order valence-electron chi connectivity index (χ1n) is 19.0. The first kappa shape index (κ1) is 41.3. The van der Waals surface area contributed by atoms with Gasteiger partial charge in [-0.2, -0.15) is 0 Å².